The molecule has 18 heavy (non-hydrogen) atoms. The smallest absolute Gasteiger partial charge is 1.00 e. The van der Waals surface area contributed by atoms with Crippen molar-refractivity contribution in [1.29, 1.82) is 5.39 Å². The zero-order valence-corrected chi connectivity index (χ0v) is 15.4. The van der Waals surface area contributed by atoms with Crippen molar-refractivity contribution in [3.05, 3.63) is 23.2 Å². The molecule has 0 radical (unpaired) electrons. The van der Waals surface area contributed by atoms with Gasteiger partial charge in [-0.25, -0.2) is 0 Å². The van der Waals surface area contributed by atoms with E-state index in [0.717, 1.165) is 0 Å². The van der Waals surface area contributed by atoms with Crippen LogP contribution in [-0.4, -0.2) is 13.2 Å². The Bertz CT molecular complexity index is 361. The van der Waals surface area contributed by atoms with Crippen LogP contribution >= 0.6 is 0 Å². The molecule has 0 aromatic heterocycles. The summed E-state index contributed by atoms with van der Waals surface area (Å²) in [7, 11) is 0. The van der Waals surface area contributed by atoms with Crippen molar-refractivity contribution in [3.63, 3.8) is 0 Å². The Hall–Kier alpha value is -0.267. The standard InChI is InChI=1S/C10H13N2O2.3ClH.Zn/c1-3-13-9-7-5-6-8(12-11)10(9)14-4-2;;;;/h5-7H,3-4H2,1-2H3;3*1H;/q+1;;;;+2/p-3. The molecule has 0 fully saturated rings. The first-order valence-corrected chi connectivity index (χ1v) is 4.57. The molecular weight excluding hydrogens is 352 g/mol. The minimum Gasteiger partial charge on any atom is -1.00 e. The van der Waals surface area contributed by atoms with Gasteiger partial charge in [0.2, 0.25) is 5.39 Å². The van der Waals surface area contributed by atoms with Crippen LogP contribution in [-0.2, 0) is 19.5 Å². The van der Waals surface area contributed by atoms with Crippen LogP contribution in [0.4, 0.5) is 5.69 Å². The van der Waals surface area contributed by atoms with Gasteiger partial charge in [0, 0.05) is 6.07 Å². The summed E-state index contributed by atoms with van der Waals surface area (Å²) in [5.41, 5.74) is 0.387. The number of diazo groups is 1. The molecule has 0 aliphatic rings. The topological polar surface area (TPSA) is 46.6 Å². The van der Waals surface area contributed by atoms with Crippen LogP contribution in [0.2, 0.25) is 0 Å². The molecule has 0 N–H and O–H groups in total. The molecule has 4 nitrogen and oxygen atoms in total. The molecule has 1 aromatic rings. The van der Waals surface area contributed by atoms with E-state index < -0.39 is 0 Å². The third-order valence-electron chi connectivity index (χ3n) is 1.65. The van der Waals surface area contributed by atoms with Gasteiger partial charge >= 0.3 is 25.2 Å². The molecule has 0 bridgehead atoms. The van der Waals surface area contributed by atoms with Gasteiger partial charge in [-0.15, -0.1) is 0 Å². The van der Waals surface area contributed by atoms with Gasteiger partial charge in [0.1, 0.15) is 0 Å². The predicted octanol–water partition coefficient (Wildman–Crippen LogP) is -6.02. The summed E-state index contributed by atoms with van der Waals surface area (Å²) in [5.74, 6) is 1.09. The van der Waals surface area contributed by atoms with Crippen LogP contribution in [0.3, 0.4) is 0 Å². The summed E-state index contributed by atoms with van der Waals surface area (Å²) >= 11 is 0. The van der Waals surface area contributed by atoms with E-state index in [-0.39, 0.29) is 56.7 Å². The van der Waals surface area contributed by atoms with Gasteiger partial charge in [-0.2, -0.15) is 0 Å². The Kier molecular flexibility index (Phi) is 21.6. The molecule has 0 saturated heterocycles. The molecule has 0 amide bonds. The molecule has 0 aliphatic carbocycles. The van der Waals surface area contributed by atoms with E-state index in [4.69, 9.17) is 14.9 Å². The number of halogens is 3. The fourth-order valence-electron chi connectivity index (χ4n) is 1.14. The molecule has 1 aromatic carbocycles. The summed E-state index contributed by atoms with van der Waals surface area (Å²) in [6, 6.07) is 5.19. The van der Waals surface area contributed by atoms with E-state index >= 15 is 0 Å². The van der Waals surface area contributed by atoms with Crippen LogP contribution in [0.1, 0.15) is 13.8 Å². The molecule has 1 rings (SSSR count). The molecule has 0 atom stereocenters. The number of para-hydroxylation sites is 1. The molecule has 0 saturated carbocycles. The Morgan fingerprint density at radius 3 is 2.06 bits per heavy atom. The third kappa shape index (κ3) is 7.23. The molecular formula is C10H13Cl3N2O2Zn. The maximum Gasteiger partial charge on any atom is 2.00 e. The van der Waals surface area contributed by atoms with Crippen molar-refractivity contribution in [2.24, 2.45) is 0 Å². The minimum absolute atomic E-state index is 0. The van der Waals surface area contributed by atoms with Crippen LogP contribution in [0.15, 0.2) is 18.2 Å². The van der Waals surface area contributed by atoms with Gasteiger partial charge in [0.05, 0.1) is 13.2 Å². The van der Waals surface area contributed by atoms with Gasteiger partial charge < -0.3 is 46.7 Å². The van der Waals surface area contributed by atoms with Crippen LogP contribution in [0, 0.1) is 5.39 Å². The molecule has 0 spiro atoms. The first-order chi connectivity index (χ1) is 6.83. The molecule has 0 aliphatic heterocycles. The molecule has 98 valence electrons. The van der Waals surface area contributed by atoms with Gasteiger partial charge in [-0.05, 0) is 19.9 Å². The summed E-state index contributed by atoms with van der Waals surface area (Å²) in [6.07, 6.45) is 0. The number of ether oxygens (including phenoxy) is 2. The van der Waals surface area contributed by atoms with Crippen molar-refractivity contribution >= 4 is 5.69 Å². The van der Waals surface area contributed by atoms with Crippen LogP contribution < -0.4 is 46.7 Å². The van der Waals surface area contributed by atoms with Gasteiger partial charge in [-0.1, -0.05) is 6.07 Å². The zero-order valence-electron chi connectivity index (χ0n) is 10.2. The van der Waals surface area contributed by atoms with Crippen LogP contribution in [0.25, 0.3) is 4.98 Å². The number of nitrogens with zero attached hydrogens (tertiary/aromatic N) is 2. The van der Waals surface area contributed by atoms with Crippen molar-refractivity contribution in [2.75, 3.05) is 13.2 Å². The fraction of sp³-hybridized carbons (Fsp3) is 0.400. The summed E-state index contributed by atoms with van der Waals surface area (Å²) in [4.78, 5) is 3.13. The normalized spacial score (nSPS) is 7.17. The van der Waals surface area contributed by atoms with Crippen LogP contribution in [0.5, 0.6) is 11.5 Å². The van der Waals surface area contributed by atoms with Crippen molar-refractivity contribution in [3.8, 4) is 11.5 Å². The van der Waals surface area contributed by atoms with Gasteiger partial charge in [-0.3, -0.25) is 0 Å². The van der Waals surface area contributed by atoms with Gasteiger partial charge in [0.25, 0.3) is 5.75 Å². The third-order valence-corrected chi connectivity index (χ3v) is 1.65. The number of hydrogen-bond acceptors (Lipinski definition) is 3. The van der Waals surface area contributed by atoms with Crippen molar-refractivity contribution < 1.29 is 66.2 Å². The predicted molar refractivity (Wildman–Crippen MR) is 53.5 cm³/mol. The number of hydrogen-bond donors (Lipinski definition) is 0. The summed E-state index contributed by atoms with van der Waals surface area (Å²) < 4.78 is 10.7. The SMILES string of the molecule is CCOc1cccc([N+]#N)c1OCC.[Cl-].[Cl-].[Cl-].[Zn+2]. The quantitative estimate of drug-likeness (QED) is 0.395. The Balaban J connectivity index is -0.000000245. The Labute approximate surface area is 138 Å². The zero-order chi connectivity index (χ0) is 10.4. The molecule has 0 heterocycles. The summed E-state index contributed by atoms with van der Waals surface area (Å²) in [5, 5.41) is 8.73. The largest absolute Gasteiger partial charge is 2.00 e. The van der Waals surface area contributed by atoms with Gasteiger partial charge in [0.15, 0.2) is 10.7 Å². The average molecular weight is 365 g/mol. The number of benzene rings is 1. The second-order valence-corrected chi connectivity index (χ2v) is 2.57. The van der Waals surface area contributed by atoms with E-state index in [9.17, 15) is 0 Å². The Morgan fingerprint density at radius 2 is 1.61 bits per heavy atom. The average Bonchev–Trinajstić information content (AvgIpc) is 2.21. The maximum absolute atomic E-state index is 8.73. The first kappa shape index (κ1) is 26.3. The van der Waals surface area contributed by atoms with E-state index in [1.807, 2.05) is 13.8 Å². The Morgan fingerprint density at radius 1 is 1.06 bits per heavy atom. The summed E-state index contributed by atoms with van der Waals surface area (Å²) in [6.45, 7) is 4.81. The second kappa shape index (κ2) is 14.8. The molecule has 8 heteroatoms. The van der Waals surface area contributed by atoms with E-state index in [1.54, 1.807) is 18.2 Å². The van der Waals surface area contributed by atoms with E-state index in [0.29, 0.717) is 30.4 Å². The van der Waals surface area contributed by atoms with Crippen molar-refractivity contribution in [1.82, 2.24) is 0 Å². The van der Waals surface area contributed by atoms with E-state index in [1.165, 1.54) is 0 Å². The fourth-order valence-corrected chi connectivity index (χ4v) is 1.14. The first-order valence-electron chi connectivity index (χ1n) is 4.57. The minimum atomic E-state index is 0. The van der Waals surface area contributed by atoms with Crippen molar-refractivity contribution in [2.45, 2.75) is 13.8 Å². The maximum atomic E-state index is 8.73. The van der Waals surface area contributed by atoms with E-state index in [2.05, 4.69) is 4.98 Å². The monoisotopic (exact) mass is 362 g/mol. The second-order valence-electron chi connectivity index (χ2n) is 2.57. The molecule has 0 unspecified atom stereocenters. The number of rotatable bonds is 4.